The van der Waals surface area contributed by atoms with Crippen LogP contribution in [0.4, 0.5) is 0 Å². The van der Waals surface area contributed by atoms with Crippen LogP contribution in [-0.4, -0.2) is 28.5 Å². The topological polar surface area (TPSA) is 46.6 Å². The third kappa shape index (κ3) is 3.24. The zero-order valence-corrected chi connectivity index (χ0v) is 15.7. The number of ether oxygens (including phenoxy) is 1. The van der Waals surface area contributed by atoms with E-state index < -0.39 is 17.2 Å². The Balaban J connectivity index is 2.05. The van der Waals surface area contributed by atoms with Crippen LogP contribution in [-0.2, 0) is 16.0 Å². The molecular weight excluding hydrogens is 326 g/mol. The summed E-state index contributed by atoms with van der Waals surface area (Å²) >= 11 is 0. The van der Waals surface area contributed by atoms with Gasteiger partial charge in [0, 0.05) is 17.4 Å². The van der Waals surface area contributed by atoms with Crippen molar-refractivity contribution in [3.63, 3.8) is 0 Å². The van der Waals surface area contributed by atoms with E-state index in [2.05, 4.69) is 0 Å². The Kier molecular flexibility index (Phi) is 4.61. The van der Waals surface area contributed by atoms with E-state index >= 15 is 0 Å². The number of amides is 1. The molecule has 1 aliphatic rings. The van der Waals surface area contributed by atoms with Gasteiger partial charge in [-0.2, -0.15) is 0 Å². The van der Waals surface area contributed by atoms with Gasteiger partial charge < -0.3 is 4.74 Å². The highest BCUT2D eigenvalue weighted by Crippen LogP contribution is 2.40. The fourth-order valence-electron chi connectivity index (χ4n) is 3.40. The summed E-state index contributed by atoms with van der Waals surface area (Å²) in [6, 6.07) is 18.8. The number of esters is 1. The molecule has 0 bridgehead atoms. The van der Waals surface area contributed by atoms with Crippen LogP contribution < -0.4 is 0 Å². The third-order valence-corrected chi connectivity index (χ3v) is 4.80. The Morgan fingerprint density at radius 2 is 1.58 bits per heavy atom. The molecule has 0 saturated carbocycles. The summed E-state index contributed by atoms with van der Waals surface area (Å²) in [4.78, 5) is 27.9. The molecular formula is C22H25NO3. The van der Waals surface area contributed by atoms with Gasteiger partial charge in [-0.15, -0.1) is 0 Å². The van der Waals surface area contributed by atoms with Crippen molar-refractivity contribution in [3.8, 4) is 0 Å². The van der Waals surface area contributed by atoms with E-state index in [1.165, 1.54) is 0 Å². The first-order valence-corrected chi connectivity index (χ1v) is 8.87. The maximum Gasteiger partial charge on any atom is 0.334 e. The van der Waals surface area contributed by atoms with Gasteiger partial charge in [-0.3, -0.25) is 9.69 Å². The molecule has 1 amide bonds. The van der Waals surface area contributed by atoms with Crippen LogP contribution >= 0.6 is 0 Å². The van der Waals surface area contributed by atoms with Gasteiger partial charge in [0.05, 0.1) is 0 Å². The van der Waals surface area contributed by atoms with Gasteiger partial charge in [0.15, 0.2) is 6.23 Å². The van der Waals surface area contributed by atoms with Crippen molar-refractivity contribution in [3.05, 3.63) is 71.8 Å². The van der Waals surface area contributed by atoms with Gasteiger partial charge in [0.1, 0.15) is 5.54 Å². The van der Waals surface area contributed by atoms with Crippen molar-refractivity contribution >= 4 is 11.9 Å². The second-order valence-corrected chi connectivity index (χ2v) is 8.10. The standard InChI is InChI=1S/C22H25NO3/c1-21(2,3)19-23(18(24)17-13-9-6-10-14-17)22(4,20(25)26-19)15-16-11-7-5-8-12-16/h5-14,19H,15H2,1-4H3/t19-,22-/m1/s1. The number of nitrogens with zero attached hydrogens (tertiary/aromatic N) is 1. The number of benzene rings is 2. The van der Waals surface area contributed by atoms with Gasteiger partial charge >= 0.3 is 5.97 Å². The van der Waals surface area contributed by atoms with Crippen molar-refractivity contribution < 1.29 is 14.3 Å². The number of hydrogen-bond donors (Lipinski definition) is 0. The number of hydrogen-bond acceptors (Lipinski definition) is 3. The van der Waals surface area contributed by atoms with Gasteiger partial charge in [-0.25, -0.2) is 4.79 Å². The first kappa shape index (κ1) is 18.2. The lowest BCUT2D eigenvalue weighted by Crippen LogP contribution is -2.55. The largest absolute Gasteiger partial charge is 0.439 e. The highest BCUT2D eigenvalue weighted by molar-refractivity contribution is 5.99. The van der Waals surface area contributed by atoms with Crippen LogP contribution in [0, 0.1) is 5.41 Å². The highest BCUT2D eigenvalue weighted by atomic mass is 16.6. The minimum absolute atomic E-state index is 0.185. The van der Waals surface area contributed by atoms with Gasteiger partial charge in [-0.05, 0) is 24.6 Å². The first-order valence-electron chi connectivity index (χ1n) is 8.87. The lowest BCUT2D eigenvalue weighted by molar-refractivity contribution is -0.148. The molecule has 4 nitrogen and oxygen atoms in total. The van der Waals surface area contributed by atoms with Crippen LogP contribution in [0.5, 0.6) is 0 Å². The Morgan fingerprint density at radius 3 is 2.12 bits per heavy atom. The molecule has 0 aliphatic carbocycles. The van der Waals surface area contributed by atoms with Crippen molar-refractivity contribution in [2.45, 2.75) is 45.9 Å². The molecule has 26 heavy (non-hydrogen) atoms. The fraction of sp³-hybridized carbons (Fsp3) is 0.364. The van der Waals surface area contributed by atoms with Crippen LogP contribution in [0.25, 0.3) is 0 Å². The zero-order chi connectivity index (χ0) is 18.9. The average molecular weight is 351 g/mol. The molecule has 4 heteroatoms. The summed E-state index contributed by atoms with van der Waals surface area (Å²) in [5, 5.41) is 0. The quantitative estimate of drug-likeness (QED) is 0.784. The minimum Gasteiger partial charge on any atom is -0.439 e. The molecule has 3 rings (SSSR count). The molecule has 0 unspecified atom stereocenters. The molecule has 0 spiro atoms. The Hall–Kier alpha value is -2.62. The zero-order valence-electron chi connectivity index (χ0n) is 15.7. The Bertz CT molecular complexity index is 795. The monoisotopic (exact) mass is 351 g/mol. The van der Waals surface area contributed by atoms with Gasteiger partial charge in [-0.1, -0.05) is 69.3 Å². The molecule has 2 aromatic rings. The van der Waals surface area contributed by atoms with E-state index in [0.29, 0.717) is 12.0 Å². The van der Waals surface area contributed by atoms with Crippen molar-refractivity contribution in [2.24, 2.45) is 5.41 Å². The summed E-state index contributed by atoms with van der Waals surface area (Å²) < 4.78 is 5.74. The second kappa shape index (κ2) is 6.60. The van der Waals surface area contributed by atoms with E-state index in [4.69, 9.17) is 4.74 Å². The summed E-state index contributed by atoms with van der Waals surface area (Å²) in [5.74, 6) is -0.541. The molecule has 1 aliphatic heterocycles. The third-order valence-electron chi connectivity index (χ3n) is 4.80. The van der Waals surface area contributed by atoms with E-state index in [0.717, 1.165) is 5.56 Å². The van der Waals surface area contributed by atoms with Crippen molar-refractivity contribution in [1.29, 1.82) is 0 Å². The summed E-state index contributed by atoms with van der Waals surface area (Å²) in [6.07, 6.45) is -0.200. The number of carbonyl (C=O) groups excluding carboxylic acids is 2. The number of cyclic esters (lactones) is 1. The molecule has 136 valence electrons. The Labute approximate surface area is 154 Å². The second-order valence-electron chi connectivity index (χ2n) is 8.10. The van der Waals surface area contributed by atoms with E-state index in [9.17, 15) is 9.59 Å². The summed E-state index contributed by atoms with van der Waals surface area (Å²) in [7, 11) is 0. The van der Waals surface area contributed by atoms with Crippen LogP contribution in [0.3, 0.4) is 0 Å². The van der Waals surface area contributed by atoms with Crippen LogP contribution in [0.1, 0.15) is 43.6 Å². The molecule has 0 N–H and O–H groups in total. The fourth-order valence-corrected chi connectivity index (χ4v) is 3.40. The highest BCUT2D eigenvalue weighted by Gasteiger charge is 2.57. The smallest absolute Gasteiger partial charge is 0.334 e. The molecule has 1 heterocycles. The summed E-state index contributed by atoms with van der Waals surface area (Å²) in [6.45, 7) is 7.73. The van der Waals surface area contributed by atoms with E-state index in [1.807, 2.05) is 69.3 Å². The van der Waals surface area contributed by atoms with Crippen LogP contribution in [0.15, 0.2) is 60.7 Å². The lowest BCUT2D eigenvalue weighted by Gasteiger charge is -2.38. The molecule has 1 fully saturated rings. The average Bonchev–Trinajstić information content (AvgIpc) is 2.87. The minimum atomic E-state index is -1.05. The Morgan fingerprint density at radius 1 is 1.04 bits per heavy atom. The SMILES string of the molecule is CC(C)(C)[C@H]1OC(=O)[C@@](C)(Cc2ccccc2)N1C(=O)c1ccccc1. The number of carbonyl (C=O) groups is 2. The van der Waals surface area contributed by atoms with Crippen molar-refractivity contribution in [1.82, 2.24) is 4.90 Å². The predicted molar refractivity (Wildman–Crippen MR) is 100 cm³/mol. The molecule has 0 aromatic heterocycles. The predicted octanol–water partition coefficient (Wildman–Crippen LogP) is 4.06. The molecule has 0 radical (unpaired) electrons. The summed E-state index contributed by atoms with van der Waals surface area (Å²) in [5.41, 5.74) is 0.104. The maximum atomic E-state index is 13.3. The van der Waals surface area contributed by atoms with Gasteiger partial charge in [0.25, 0.3) is 5.91 Å². The first-order chi connectivity index (χ1) is 12.2. The van der Waals surface area contributed by atoms with Gasteiger partial charge in [0.2, 0.25) is 0 Å². The van der Waals surface area contributed by atoms with E-state index in [-0.39, 0.29) is 11.9 Å². The lowest BCUT2D eigenvalue weighted by atomic mass is 9.87. The van der Waals surface area contributed by atoms with Crippen LogP contribution in [0.2, 0.25) is 0 Å². The molecule has 1 saturated heterocycles. The number of rotatable bonds is 3. The van der Waals surface area contributed by atoms with E-state index in [1.54, 1.807) is 24.0 Å². The normalized spacial score (nSPS) is 23.0. The molecule has 2 aromatic carbocycles. The molecule has 2 atom stereocenters. The maximum absolute atomic E-state index is 13.3. The van der Waals surface area contributed by atoms with Crippen molar-refractivity contribution in [2.75, 3.05) is 0 Å².